The van der Waals surface area contributed by atoms with E-state index in [4.69, 9.17) is 38.6 Å². The summed E-state index contributed by atoms with van der Waals surface area (Å²) in [6.07, 6.45) is 0. The SMILES string of the molecule is O=S(=O)([O-])[O-].OO.OO.[Fe].[Fe].[NH4+].[NH4+]. The molecule has 0 amide bonds. The van der Waals surface area contributed by atoms with Crippen LogP contribution < -0.4 is 12.3 Å². The van der Waals surface area contributed by atoms with Gasteiger partial charge in [-0.3, -0.25) is 29.4 Å². The minimum atomic E-state index is -5.17. The zero-order chi connectivity index (χ0) is 8.50. The molecule has 12 N–H and O–H groups in total. The van der Waals surface area contributed by atoms with Gasteiger partial charge in [-0.05, 0) is 0 Å². The summed E-state index contributed by atoms with van der Waals surface area (Å²) in [4.78, 5) is 0. The van der Waals surface area contributed by atoms with Crippen molar-refractivity contribution in [2.75, 3.05) is 0 Å². The summed E-state index contributed by atoms with van der Waals surface area (Å²) in [7, 11) is -5.17. The Hall–Kier alpha value is 0.669. The molecule has 0 fully saturated rings. The molecule has 0 saturated carbocycles. The van der Waals surface area contributed by atoms with E-state index < -0.39 is 10.4 Å². The molecule has 0 radical (unpaired) electrons. The fourth-order valence-electron chi connectivity index (χ4n) is 0. The number of hydrogen-bond donors (Lipinski definition) is 6. The van der Waals surface area contributed by atoms with Gasteiger partial charge in [0, 0.05) is 44.5 Å². The quantitative estimate of drug-likeness (QED) is 0.111. The van der Waals surface area contributed by atoms with E-state index in [2.05, 4.69) is 0 Å². The maximum atomic E-state index is 8.52. The van der Waals surface area contributed by atoms with E-state index >= 15 is 0 Å². The molecule has 0 heterocycles. The Labute approximate surface area is 95.5 Å². The van der Waals surface area contributed by atoms with Gasteiger partial charge in [0.25, 0.3) is 0 Å². The molecule has 0 bridgehead atoms. The third kappa shape index (κ3) is 3220. The monoisotopic (exact) mass is 312 g/mol. The molecule has 0 atom stereocenters. The second-order valence-electron chi connectivity index (χ2n) is 0.408. The van der Waals surface area contributed by atoms with Gasteiger partial charge in [-0.15, -0.1) is 0 Å². The van der Waals surface area contributed by atoms with Crippen LogP contribution in [-0.2, 0) is 44.5 Å². The summed E-state index contributed by atoms with van der Waals surface area (Å²) in [6, 6.07) is 0. The summed E-state index contributed by atoms with van der Waals surface area (Å²) >= 11 is 0. The maximum Gasteiger partial charge on any atom is 0.0311 e. The minimum Gasteiger partial charge on any atom is -0.759 e. The molecule has 0 aromatic heterocycles. The Balaban J connectivity index is -0.00000000818. The first-order valence-electron chi connectivity index (χ1n) is 1.07. The summed E-state index contributed by atoms with van der Waals surface area (Å²) in [5.41, 5.74) is 0. The van der Waals surface area contributed by atoms with Crippen LogP contribution in [0.1, 0.15) is 0 Å². The van der Waals surface area contributed by atoms with Gasteiger partial charge in [-0.2, -0.15) is 0 Å². The topological polar surface area (TPSA) is 234 Å². The molecule has 0 rings (SSSR count). The first kappa shape index (κ1) is 49.3. The maximum absolute atomic E-state index is 8.52. The van der Waals surface area contributed by atoms with Gasteiger partial charge in [0.1, 0.15) is 0 Å². The van der Waals surface area contributed by atoms with Crippen LogP contribution in [0.3, 0.4) is 0 Å². The average molecular weight is 312 g/mol. The smallest absolute Gasteiger partial charge is 0.0311 e. The Morgan fingerprint density at radius 1 is 0.769 bits per heavy atom. The molecule has 0 aliphatic rings. The predicted molar refractivity (Wildman–Crippen MR) is 33.0 cm³/mol. The number of hydrogen-bond acceptors (Lipinski definition) is 8. The van der Waals surface area contributed by atoms with E-state index in [1.807, 2.05) is 0 Å². The van der Waals surface area contributed by atoms with Crippen molar-refractivity contribution in [1.82, 2.24) is 12.3 Å². The number of rotatable bonds is 0. The van der Waals surface area contributed by atoms with Crippen LogP contribution in [0.25, 0.3) is 0 Å². The average Bonchev–Trinajstić information content (AvgIpc) is 1.72. The van der Waals surface area contributed by atoms with Crippen molar-refractivity contribution in [2.24, 2.45) is 0 Å². The minimum absolute atomic E-state index is 0. The molecule has 0 unspecified atom stereocenters. The molecule has 0 aliphatic heterocycles. The molecule has 0 spiro atoms. The van der Waals surface area contributed by atoms with Crippen LogP contribution in [-0.4, -0.2) is 38.6 Å². The predicted octanol–water partition coefficient (Wildman–Crippen LogP) is -0.556. The van der Waals surface area contributed by atoms with Gasteiger partial charge in [0.15, 0.2) is 0 Å². The Morgan fingerprint density at radius 3 is 0.769 bits per heavy atom. The van der Waals surface area contributed by atoms with Crippen LogP contribution in [0.4, 0.5) is 0 Å². The van der Waals surface area contributed by atoms with Crippen LogP contribution in [0, 0.1) is 0 Å². The molecule has 0 aromatic rings. The van der Waals surface area contributed by atoms with Gasteiger partial charge >= 0.3 is 0 Å². The summed E-state index contributed by atoms with van der Waals surface area (Å²) in [6.45, 7) is 0. The van der Waals surface area contributed by atoms with E-state index in [1.165, 1.54) is 0 Å². The van der Waals surface area contributed by atoms with E-state index in [9.17, 15) is 0 Å². The fourth-order valence-corrected chi connectivity index (χ4v) is 0. The van der Waals surface area contributed by atoms with Gasteiger partial charge in [-0.1, -0.05) is 0 Å². The zero-order valence-electron chi connectivity index (χ0n) is 6.54. The third-order valence-corrected chi connectivity index (χ3v) is 0. The molecular weight excluding hydrogens is 300 g/mol. The second-order valence-corrected chi connectivity index (χ2v) is 1.22. The van der Waals surface area contributed by atoms with Crippen LogP contribution in [0.2, 0.25) is 0 Å². The van der Waals surface area contributed by atoms with Crippen LogP contribution in [0.15, 0.2) is 0 Å². The first-order valence-corrected chi connectivity index (χ1v) is 2.40. The van der Waals surface area contributed by atoms with E-state index in [1.54, 1.807) is 0 Å². The molecule has 0 saturated heterocycles. The summed E-state index contributed by atoms with van der Waals surface area (Å²) in [5, 5.41) is 24.0. The Morgan fingerprint density at radius 2 is 0.769 bits per heavy atom. The standard InChI is InChI=1S/2Fe.2H3N.H2O4S.2H2O2/c;;;;1-5(2,3)4;2*1-2/h;;2*1H3;(H2,1,2,3,4);2*1-2H. The van der Waals surface area contributed by atoms with Gasteiger partial charge in [0.05, 0.1) is 0 Å². The molecule has 10 nitrogen and oxygen atoms in total. The fraction of sp³-hybridized carbons (Fsp3) is 0. The van der Waals surface area contributed by atoms with Crippen molar-refractivity contribution in [2.45, 2.75) is 0 Å². The number of quaternary nitrogens is 2. The van der Waals surface area contributed by atoms with Crippen molar-refractivity contribution < 1.29 is 72.7 Å². The summed E-state index contributed by atoms with van der Waals surface area (Å²) < 4.78 is 34.1. The van der Waals surface area contributed by atoms with Crippen molar-refractivity contribution >= 4 is 10.4 Å². The Bertz CT molecular complexity index is 103. The molecule has 13 heavy (non-hydrogen) atoms. The van der Waals surface area contributed by atoms with Crippen LogP contribution in [0.5, 0.6) is 0 Å². The summed E-state index contributed by atoms with van der Waals surface area (Å²) in [5.74, 6) is 0. The van der Waals surface area contributed by atoms with Crippen LogP contribution >= 0.6 is 0 Å². The zero-order valence-corrected chi connectivity index (χ0v) is 9.56. The van der Waals surface area contributed by atoms with Crippen molar-refractivity contribution in [3.63, 3.8) is 0 Å². The van der Waals surface area contributed by atoms with Gasteiger partial charge in [0.2, 0.25) is 0 Å². The third-order valence-electron chi connectivity index (χ3n) is 0. The normalized spacial score (nSPS) is 5.38. The molecule has 13 heteroatoms. The first-order chi connectivity index (χ1) is 4.00. The van der Waals surface area contributed by atoms with Gasteiger partial charge in [-0.25, -0.2) is 0 Å². The van der Waals surface area contributed by atoms with Crippen molar-refractivity contribution in [3.05, 3.63) is 0 Å². The molecule has 0 aliphatic carbocycles. The van der Waals surface area contributed by atoms with Crippen molar-refractivity contribution in [1.29, 1.82) is 0 Å². The van der Waals surface area contributed by atoms with E-state index in [-0.39, 0.29) is 46.4 Å². The second kappa shape index (κ2) is 38.8. The van der Waals surface area contributed by atoms with E-state index in [0.29, 0.717) is 0 Å². The van der Waals surface area contributed by atoms with E-state index in [0.717, 1.165) is 0 Å². The molecule has 92 valence electrons. The Kier molecular flexibility index (Phi) is 147. The van der Waals surface area contributed by atoms with Crippen molar-refractivity contribution in [3.8, 4) is 0 Å². The molecule has 0 aromatic carbocycles. The van der Waals surface area contributed by atoms with Gasteiger partial charge < -0.3 is 21.4 Å². The molecular formula is H12Fe2N2O8S. The largest absolute Gasteiger partial charge is 0.759 e.